The average molecular weight is 555 g/mol. The first-order valence-corrected chi connectivity index (χ1v) is 15.2. The summed E-state index contributed by atoms with van der Waals surface area (Å²) in [5, 5.41) is 3.45. The maximum Gasteiger partial charge on any atom is 0.260 e. The van der Waals surface area contributed by atoms with Crippen molar-refractivity contribution in [3.63, 3.8) is 0 Å². The predicted octanol–water partition coefficient (Wildman–Crippen LogP) is 6.41. The number of hydrogen-bond donors (Lipinski definition) is 1. The van der Waals surface area contributed by atoms with Gasteiger partial charge in [0.15, 0.2) is 0 Å². The van der Waals surface area contributed by atoms with Crippen molar-refractivity contribution in [2.75, 3.05) is 13.2 Å². The van der Waals surface area contributed by atoms with Crippen molar-refractivity contribution < 1.29 is 14.3 Å². The number of benzene rings is 3. The second-order valence-electron chi connectivity index (χ2n) is 10.7. The molecule has 1 saturated heterocycles. The fourth-order valence-corrected chi connectivity index (χ4v) is 7.13. The predicted molar refractivity (Wildman–Crippen MR) is 163 cm³/mol. The Balaban J connectivity index is 1.27. The van der Waals surface area contributed by atoms with Gasteiger partial charge in [-0.25, -0.2) is 0 Å². The third-order valence-corrected chi connectivity index (χ3v) is 9.15. The van der Waals surface area contributed by atoms with Crippen molar-refractivity contribution >= 4 is 29.7 Å². The molecule has 0 spiro atoms. The molecule has 1 saturated carbocycles. The van der Waals surface area contributed by atoms with Crippen LogP contribution < -0.4 is 10.1 Å². The zero-order chi connectivity index (χ0) is 27.9. The number of rotatable bonds is 9. The van der Waals surface area contributed by atoms with E-state index < -0.39 is 0 Å². The lowest BCUT2D eigenvalue weighted by Crippen LogP contribution is -2.53. The Labute approximate surface area is 242 Å². The molecule has 1 N–H and O–H groups in total. The quantitative estimate of drug-likeness (QED) is 0.311. The van der Waals surface area contributed by atoms with E-state index in [1.165, 1.54) is 11.1 Å². The molecule has 3 atom stereocenters. The summed E-state index contributed by atoms with van der Waals surface area (Å²) in [6, 6.07) is 26.5. The van der Waals surface area contributed by atoms with Gasteiger partial charge in [-0.2, -0.15) is 0 Å². The maximum atomic E-state index is 13.9. The highest BCUT2D eigenvalue weighted by atomic mass is 32.2. The Kier molecular flexibility index (Phi) is 9.27. The topological polar surface area (TPSA) is 58.6 Å². The standard InChI is InChI=1S/C34H38N2O3S/c1-3-39-29-15-12-25(13-16-29)18-19-35-33(37)28-14-17-31-30(22-28)36(23-27-11-7-8-24(2)20-27)34(38)32(40-31)21-26-9-5-4-6-10-26/h4-13,15-16,20-21,28,30-31H,3,14,17-19,22-23H2,1-2H3,(H,35,37)/b32-21-. The van der Waals surface area contributed by atoms with Crippen molar-refractivity contribution in [1.82, 2.24) is 10.2 Å². The monoisotopic (exact) mass is 554 g/mol. The Hall–Kier alpha value is -3.51. The van der Waals surface area contributed by atoms with Crippen molar-refractivity contribution in [3.05, 3.63) is 106 Å². The molecular weight excluding hydrogens is 516 g/mol. The van der Waals surface area contributed by atoms with E-state index in [0.717, 1.165) is 41.0 Å². The summed E-state index contributed by atoms with van der Waals surface area (Å²) in [6.45, 7) is 5.86. The van der Waals surface area contributed by atoms with Gasteiger partial charge in [0.2, 0.25) is 5.91 Å². The molecular formula is C34H38N2O3S. The summed E-state index contributed by atoms with van der Waals surface area (Å²) in [5.41, 5.74) is 4.51. The molecule has 40 heavy (non-hydrogen) atoms. The van der Waals surface area contributed by atoms with Gasteiger partial charge in [0.05, 0.1) is 11.5 Å². The van der Waals surface area contributed by atoms with E-state index in [9.17, 15) is 9.59 Å². The molecule has 6 heteroatoms. The van der Waals surface area contributed by atoms with Gasteiger partial charge in [0.25, 0.3) is 5.91 Å². The normalized spacial score (nSPS) is 21.6. The van der Waals surface area contributed by atoms with Gasteiger partial charge in [-0.15, -0.1) is 11.8 Å². The van der Waals surface area contributed by atoms with Crippen molar-refractivity contribution in [3.8, 4) is 5.75 Å². The summed E-state index contributed by atoms with van der Waals surface area (Å²) in [4.78, 5) is 29.9. The lowest BCUT2D eigenvalue weighted by molar-refractivity contribution is -0.133. The first-order valence-electron chi connectivity index (χ1n) is 14.3. The molecule has 1 aliphatic heterocycles. The van der Waals surface area contributed by atoms with Gasteiger partial charge in [-0.3, -0.25) is 9.59 Å². The molecule has 0 aromatic heterocycles. The van der Waals surface area contributed by atoms with Crippen LogP contribution in [0.2, 0.25) is 0 Å². The Bertz CT molecular complexity index is 1340. The van der Waals surface area contributed by atoms with Crippen molar-refractivity contribution in [1.29, 1.82) is 0 Å². The van der Waals surface area contributed by atoms with E-state index in [2.05, 4.69) is 42.6 Å². The molecule has 3 aromatic rings. The van der Waals surface area contributed by atoms with Crippen LogP contribution in [0.5, 0.6) is 5.75 Å². The number of nitrogens with zero attached hydrogens (tertiary/aromatic N) is 1. The second-order valence-corrected chi connectivity index (χ2v) is 12.0. The first-order chi connectivity index (χ1) is 19.5. The molecule has 2 fully saturated rings. The SMILES string of the molecule is CCOc1ccc(CCNC(=O)C2CCC3S/C(=C\c4ccccc4)C(=O)N(Cc4cccc(C)c4)C3C2)cc1. The van der Waals surface area contributed by atoms with Gasteiger partial charge in [-0.05, 0) is 74.4 Å². The minimum atomic E-state index is -0.0883. The largest absolute Gasteiger partial charge is 0.494 e. The highest BCUT2D eigenvalue weighted by Crippen LogP contribution is 2.44. The van der Waals surface area contributed by atoms with Gasteiger partial charge >= 0.3 is 0 Å². The molecule has 5 rings (SSSR count). The number of ether oxygens (including phenoxy) is 1. The number of carbonyl (C=O) groups is 2. The number of amides is 2. The number of hydrogen-bond acceptors (Lipinski definition) is 4. The van der Waals surface area contributed by atoms with Gasteiger partial charge in [0, 0.05) is 30.3 Å². The van der Waals surface area contributed by atoms with Crippen LogP contribution in [-0.2, 0) is 22.6 Å². The smallest absolute Gasteiger partial charge is 0.260 e. The summed E-state index contributed by atoms with van der Waals surface area (Å²) >= 11 is 1.70. The van der Waals surface area contributed by atoms with E-state index in [1.54, 1.807) is 11.8 Å². The van der Waals surface area contributed by atoms with Gasteiger partial charge < -0.3 is 15.0 Å². The highest BCUT2D eigenvalue weighted by molar-refractivity contribution is 8.04. The second kappa shape index (κ2) is 13.2. The molecule has 0 bridgehead atoms. The zero-order valence-electron chi connectivity index (χ0n) is 23.3. The van der Waals surface area contributed by atoms with E-state index in [0.29, 0.717) is 26.1 Å². The van der Waals surface area contributed by atoms with Crippen molar-refractivity contribution in [2.24, 2.45) is 5.92 Å². The minimum Gasteiger partial charge on any atom is -0.494 e. The van der Waals surface area contributed by atoms with Crippen LogP contribution in [-0.4, -0.2) is 41.2 Å². The number of fused-ring (bicyclic) bond motifs is 1. The van der Waals surface area contributed by atoms with E-state index in [1.807, 2.05) is 66.4 Å². The average Bonchev–Trinajstić information content (AvgIpc) is 2.96. The number of aryl methyl sites for hydroxylation is 1. The Morgan fingerprint density at radius 3 is 2.58 bits per heavy atom. The minimum absolute atomic E-state index is 0.0292. The van der Waals surface area contributed by atoms with Crippen LogP contribution in [0.4, 0.5) is 0 Å². The fraction of sp³-hybridized carbons (Fsp3) is 0.353. The van der Waals surface area contributed by atoms with Gasteiger partial charge in [-0.1, -0.05) is 72.3 Å². The van der Waals surface area contributed by atoms with Crippen LogP contribution in [0.3, 0.4) is 0 Å². The Morgan fingerprint density at radius 2 is 1.82 bits per heavy atom. The Morgan fingerprint density at radius 1 is 1.02 bits per heavy atom. The van der Waals surface area contributed by atoms with Crippen LogP contribution in [0, 0.1) is 12.8 Å². The summed E-state index contributed by atoms with van der Waals surface area (Å²) < 4.78 is 5.52. The highest BCUT2D eigenvalue weighted by Gasteiger charge is 2.44. The van der Waals surface area contributed by atoms with Crippen LogP contribution in [0.1, 0.15) is 48.4 Å². The molecule has 2 amide bonds. The van der Waals surface area contributed by atoms with E-state index in [4.69, 9.17) is 4.74 Å². The molecule has 5 nitrogen and oxygen atoms in total. The lowest BCUT2D eigenvalue weighted by Gasteiger charge is -2.46. The number of carbonyl (C=O) groups excluding carboxylic acids is 2. The summed E-state index contributed by atoms with van der Waals surface area (Å²) in [5.74, 6) is 0.940. The third kappa shape index (κ3) is 6.97. The van der Waals surface area contributed by atoms with E-state index >= 15 is 0 Å². The molecule has 0 radical (unpaired) electrons. The van der Waals surface area contributed by atoms with Gasteiger partial charge in [0.1, 0.15) is 5.75 Å². The maximum absolute atomic E-state index is 13.9. The third-order valence-electron chi connectivity index (χ3n) is 7.76. The number of thioether (sulfide) groups is 1. The van der Waals surface area contributed by atoms with Crippen LogP contribution in [0.25, 0.3) is 6.08 Å². The lowest BCUT2D eigenvalue weighted by atomic mass is 9.83. The van der Waals surface area contributed by atoms with E-state index in [-0.39, 0.29) is 29.0 Å². The summed E-state index contributed by atoms with van der Waals surface area (Å²) in [6.07, 6.45) is 5.25. The van der Waals surface area contributed by atoms with Crippen molar-refractivity contribution in [2.45, 2.75) is 57.4 Å². The molecule has 2 aliphatic rings. The molecule has 1 heterocycles. The van der Waals surface area contributed by atoms with Crippen LogP contribution in [0.15, 0.2) is 83.8 Å². The van der Waals surface area contributed by atoms with Crippen LogP contribution >= 0.6 is 11.8 Å². The molecule has 3 aromatic carbocycles. The fourth-order valence-electron chi connectivity index (χ4n) is 5.71. The molecule has 3 unspecified atom stereocenters. The summed E-state index contributed by atoms with van der Waals surface area (Å²) in [7, 11) is 0. The number of nitrogens with one attached hydrogen (secondary N) is 1. The first kappa shape index (κ1) is 28.0. The molecule has 1 aliphatic carbocycles. The molecule has 208 valence electrons. The zero-order valence-corrected chi connectivity index (χ0v) is 24.2.